The van der Waals surface area contributed by atoms with E-state index in [2.05, 4.69) is 4.98 Å². The summed E-state index contributed by atoms with van der Waals surface area (Å²) in [6.07, 6.45) is 1.23. The number of nitrogens with one attached hydrogen (secondary N) is 1. The summed E-state index contributed by atoms with van der Waals surface area (Å²) < 4.78 is 16.6. The van der Waals surface area contributed by atoms with E-state index in [-0.39, 0.29) is 11.5 Å². The Hall–Kier alpha value is -4.52. The monoisotopic (exact) mass is 454 g/mol. The number of allylic oxidation sites excluding steroid dienone is 1. The zero-order valence-electron chi connectivity index (χ0n) is 18.9. The van der Waals surface area contributed by atoms with Gasteiger partial charge in [-0.1, -0.05) is 30.3 Å². The van der Waals surface area contributed by atoms with Gasteiger partial charge in [-0.25, -0.2) is 4.79 Å². The first kappa shape index (κ1) is 21.3. The standard InChI is InChI=1S/C27H22N2O5/c1-29(2)27(31)33-18-9-11-19-23(14-18)34-24(26(19)30)15-21-20-13-17(32-3)10-12-22(20)28-25(21)16-7-5-4-6-8-16/h4-15,28H,1-3H3/b24-15+. The lowest BCUT2D eigenvalue weighted by atomic mass is 10.0. The molecule has 5 rings (SSSR count). The van der Waals surface area contributed by atoms with Gasteiger partial charge in [-0.3, -0.25) is 4.79 Å². The second-order valence-corrected chi connectivity index (χ2v) is 8.05. The SMILES string of the molecule is COc1ccc2[nH]c(-c3ccccc3)c(/C=C3/Oc4cc(OC(=O)N(C)C)ccc4C3=O)c2c1. The minimum Gasteiger partial charge on any atom is -0.497 e. The van der Waals surface area contributed by atoms with E-state index in [1.54, 1.807) is 45.5 Å². The van der Waals surface area contributed by atoms with Crippen LogP contribution in [0.5, 0.6) is 17.2 Å². The first-order valence-electron chi connectivity index (χ1n) is 10.7. The van der Waals surface area contributed by atoms with Crippen molar-refractivity contribution < 1.29 is 23.8 Å². The van der Waals surface area contributed by atoms with E-state index in [9.17, 15) is 9.59 Å². The highest BCUT2D eigenvalue weighted by molar-refractivity contribution is 6.16. The van der Waals surface area contributed by atoms with E-state index >= 15 is 0 Å². The molecule has 0 spiro atoms. The van der Waals surface area contributed by atoms with Gasteiger partial charge in [-0.05, 0) is 42.0 Å². The van der Waals surface area contributed by atoms with E-state index in [1.165, 1.54) is 4.90 Å². The van der Waals surface area contributed by atoms with E-state index in [1.807, 2.05) is 48.5 Å². The molecule has 1 amide bonds. The van der Waals surface area contributed by atoms with Crippen molar-refractivity contribution in [3.8, 4) is 28.5 Å². The molecule has 0 radical (unpaired) electrons. The van der Waals surface area contributed by atoms with Gasteiger partial charge < -0.3 is 24.1 Å². The topological polar surface area (TPSA) is 80.9 Å². The summed E-state index contributed by atoms with van der Waals surface area (Å²) in [5.74, 6) is 1.30. The van der Waals surface area contributed by atoms with Crippen LogP contribution in [0.2, 0.25) is 0 Å². The van der Waals surface area contributed by atoms with Crippen LogP contribution in [-0.4, -0.2) is 43.0 Å². The molecule has 0 aliphatic carbocycles. The third-order valence-corrected chi connectivity index (χ3v) is 5.60. The maximum Gasteiger partial charge on any atom is 0.414 e. The van der Waals surface area contributed by atoms with Crippen LogP contribution < -0.4 is 14.2 Å². The van der Waals surface area contributed by atoms with Gasteiger partial charge in [-0.15, -0.1) is 0 Å². The molecule has 0 saturated carbocycles. The molecule has 0 saturated heterocycles. The number of amides is 1. The van der Waals surface area contributed by atoms with Gasteiger partial charge in [0.2, 0.25) is 5.78 Å². The van der Waals surface area contributed by atoms with Crippen molar-refractivity contribution in [2.24, 2.45) is 0 Å². The number of aromatic nitrogens is 1. The number of Topliss-reactive ketones (excluding diaryl/α,β-unsaturated/α-hetero) is 1. The van der Waals surface area contributed by atoms with Crippen molar-refractivity contribution in [2.75, 3.05) is 21.2 Å². The summed E-state index contributed by atoms with van der Waals surface area (Å²) in [5, 5.41) is 0.902. The molecule has 34 heavy (non-hydrogen) atoms. The van der Waals surface area contributed by atoms with E-state index in [0.717, 1.165) is 27.7 Å². The number of ether oxygens (including phenoxy) is 3. The lowest BCUT2D eigenvalue weighted by Gasteiger charge is -2.10. The molecule has 1 N–H and O–H groups in total. The van der Waals surface area contributed by atoms with Gasteiger partial charge >= 0.3 is 6.09 Å². The number of rotatable bonds is 4. The minimum atomic E-state index is -0.514. The number of benzene rings is 3. The molecule has 170 valence electrons. The number of H-pyrrole nitrogens is 1. The van der Waals surface area contributed by atoms with Gasteiger partial charge in [0.15, 0.2) is 5.76 Å². The van der Waals surface area contributed by atoms with Gasteiger partial charge in [0.25, 0.3) is 0 Å². The molecular weight excluding hydrogens is 432 g/mol. The Morgan fingerprint density at radius 1 is 1.00 bits per heavy atom. The smallest absolute Gasteiger partial charge is 0.414 e. The quantitative estimate of drug-likeness (QED) is 0.411. The molecule has 1 aliphatic rings. The Kier molecular flexibility index (Phi) is 5.30. The number of aromatic amines is 1. The molecule has 3 aromatic carbocycles. The number of hydrogen-bond donors (Lipinski definition) is 1. The Balaban J connectivity index is 1.58. The Morgan fingerprint density at radius 3 is 2.50 bits per heavy atom. The number of fused-ring (bicyclic) bond motifs is 2. The number of carbonyl (C=O) groups excluding carboxylic acids is 2. The molecule has 1 aliphatic heterocycles. The van der Waals surface area contributed by atoms with Crippen LogP contribution in [0, 0.1) is 0 Å². The Morgan fingerprint density at radius 2 is 1.76 bits per heavy atom. The van der Waals surface area contributed by atoms with Gasteiger partial charge in [0, 0.05) is 36.6 Å². The zero-order chi connectivity index (χ0) is 23.8. The maximum absolute atomic E-state index is 13.1. The van der Waals surface area contributed by atoms with Gasteiger partial charge in [0.1, 0.15) is 17.2 Å². The van der Waals surface area contributed by atoms with E-state index in [0.29, 0.717) is 22.8 Å². The Bertz CT molecular complexity index is 1450. The van der Waals surface area contributed by atoms with Crippen LogP contribution >= 0.6 is 0 Å². The van der Waals surface area contributed by atoms with Crippen molar-refractivity contribution in [1.82, 2.24) is 9.88 Å². The number of ketones is 1. The van der Waals surface area contributed by atoms with Crippen LogP contribution in [0.3, 0.4) is 0 Å². The molecule has 0 atom stereocenters. The molecule has 0 bridgehead atoms. The van der Waals surface area contributed by atoms with Crippen molar-refractivity contribution >= 4 is 28.9 Å². The van der Waals surface area contributed by atoms with Crippen LogP contribution in [0.4, 0.5) is 4.79 Å². The molecule has 1 aromatic heterocycles. The predicted molar refractivity (Wildman–Crippen MR) is 129 cm³/mol. The third-order valence-electron chi connectivity index (χ3n) is 5.60. The Labute approximate surface area is 196 Å². The van der Waals surface area contributed by atoms with Gasteiger partial charge in [0.05, 0.1) is 18.4 Å². The average Bonchev–Trinajstić information content (AvgIpc) is 3.36. The molecule has 7 nitrogen and oxygen atoms in total. The summed E-state index contributed by atoms with van der Waals surface area (Å²) in [4.78, 5) is 29.8. The minimum absolute atomic E-state index is 0.187. The molecule has 0 fully saturated rings. The number of hydrogen-bond acceptors (Lipinski definition) is 5. The lowest BCUT2D eigenvalue weighted by Crippen LogP contribution is -2.25. The highest BCUT2D eigenvalue weighted by Crippen LogP contribution is 2.38. The second-order valence-electron chi connectivity index (χ2n) is 8.05. The van der Waals surface area contributed by atoms with Crippen LogP contribution in [-0.2, 0) is 0 Å². The fourth-order valence-corrected chi connectivity index (χ4v) is 3.86. The summed E-state index contributed by atoms with van der Waals surface area (Å²) in [6, 6.07) is 20.4. The number of methoxy groups -OCH3 is 1. The maximum atomic E-state index is 13.1. The summed E-state index contributed by atoms with van der Waals surface area (Å²) in [6.45, 7) is 0. The summed E-state index contributed by atoms with van der Waals surface area (Å²) >= 11 is 0. The van der Waals surface area contributed by atoms with Crippen LogP contribution in [0.25, 0.3) is 28.2 Å². The van der Waals surface area contributed by atoms with E-state index < -0.39 is 6.09 Å². The average molecular weight is 454 g/mol. The van der Waals surface area contributed by atoms with E-state index in [4.69, 9.17) is 14.2 Å². The van der Waals surface area contributed by atoms with Crippen molar-refractivity contribution in [1.29, 1.82) is 0 Å². The predicted octanol–water partition coefficient (Wildman–Crippen LogP) is 5.52. The van der Waals surface area contributed by atoms with Gasteiger partial charge in [-0.2, -0.15) is 0 Å². The van der Waals surface area contributed by atoms with Crippen molar-refractivity contribution in [3.63, 3.8) is 0 Å². The molecule has 4 aromatic rings. The summed E-state index contributed by atoms with van der Waals surface area (Å²) in [5.41, 5.74) is 3.98. The first-order valence-corrected chi connectivity index (χ1v) is 10.7. The highest BCUT2D eigenvalue weighted by atomic mass is 16.6. The number of nitrogens with zero attached hydrogens (tertiary/aromatic N) is 1. The lowest BCUT2D eigenvalue weighted by molar-refractivity contribution is 0.101. The highest BCUT2D eigenvalue weighted by Gasteiger charge is 2.29. The van der Waals surface area contributed by atoms with Crippen molar-refractivity contribution in [2.45, 2.75) is 0 Å². The molecule has 0 unspecified atom stereocenters. The van der Waals surface area contributed by atoms with Crippen LogP contribution in [0.15, 0.2) is 72.5 Å². The normalized spacial score (nSPS) is 13.6. The third kappa shape index (κ3) is 3.77. The zero-order valence-corrected chi connectivity index (χ0v) is 18.9. The molecule has 7 heteroatoms. The largest absolute Gasteiger partial charge is 0.497 e. The molecule has 2 heterocycles. The molecular formula is C27H22N2O5. The second kappa shape index (κ2) is 8.44. The van der Waals surface area contributed by atoms with Crippen molar-refractivity contribution in [3.05, 3.63) is 83.6 Å². The van der Waals surface area contributed by atoms with Crippen LogP contribution in [0.1, 0.15) is 15.9 Å². The fraction of sp³-hybridized carbons (Fsp3) is 0.111. The first-order chi connectivity index (χ1) is 16.4. The number of carbonyl (C=O) groups is 2. The fourth-order valence-electron chi connectivity index (χ4n) is 3.86. The summed E-state index contributed by atoms with van der Waals surface area (Å²) in [7, 11) is 4.80.